The van der Waals surface area contributed by atoms with Gasteiger partial charge in [0.25, 0.3) is 0 Å². The molecule has 1 fully saturated rings. The van der Waals surface area contributed by atoms with Crippen molar-refractivity contribution in [2.45, 2.75) is 32.7 Å². The molecule has 4 atom stereocenters. The zero-order valence-corrected chi connectivity index (χ0v) is 13.1. The van der Waals surface area contributed by atoms with Crippen LogP contribution in [0.25, 0.3) is 0 Å². The van der Waals surface area contributed by atoms with Crippen LogP contribution in [-0.2, 0) is 0 Å². The molecule has 1 aromatic carbocycles. The van der Waals surface area contributed by atoms with Crippen molar-refractivity contribution in [1.29, 1.82) is 0 Å². The SMILES string of the molecule is Cc1ccc(NC(C)C2CC3C=CC2C3)cc1N(C)C. The number of rotatable bonds is 4. The number of hydrogen-bond acceptors (Lipinski definition) is 2. The Labute approximate surface area is 122 Å². The van der Waals surface area contributed by atoms with Gasteiger partial charge >= 0.3 is 0 Å². The van der Waals surface area contributed by atoms with Crippen LogP contribution < -0.4 is 10.2 Å². The van der Waals surface area contributed by atoms with E-state index < -0.39 is 0 Å². The summed E-state index contributed by atoms with van der Waals surface area (Å²) >= 11 is 0. The third kappa shape index (κ3) is 2.44. The van der Waals surface area contributed by atoms with E-state index in [0.717, 1.165) is 17.8 Å². The Morgan fingerprint density at radius 2 is 2.00 bits per heavy atom. The minimum atomic E-state index is 0.549. The predicted molar refractivity (Wildman–Crippen MR) is 87.4 cm³/mol. The number of hydrogen-bond donors (Lipinski definition) is 1. The molecule has 2 nitrogen and oxygen atoms in total. The quantitative estimate of drug-likeness (QED) is 0.830. The molecular formula is C18H26N2. The lowest BCUT2D eigenvalue weighted by Gasteiger charge is -2.28. The maximum absolute atomic E-state index is 3.73. The summed E-state index contributed by atoms with van der Waals surface area (Å²) in [5.41, 5.74) is 3.88. The molecule has 2 aliphatic carbocycles. The molecule has 0 aromatic heterocycles. The number of benzene rings is 1. The highest BCUT2D eigenvalue weighted by Crippen LogP contribution is 2.45. The van der Waals surface area contributed by atoms with Crippen LogP contribution in [0.1, 0.15) is 25.3 Å². The van der Waals surface area contributed by atoms with Crippen LogP contribution in [0.4, 0.5) is 11.4 Å². The van der Waals surface area contributed by atoms with Gasteiger partial charge in [-0.1, -0.05) is 18.2 Å². The Hall–Kier alpha value is -1.44. The summed E-state index contributed by atoms with van der Waals surface area (Å²) in [5.74, 6) is 2.46. The lowest BCUT2D eigenvalue weighted by atomic mass is 9.87. The second-order valence-electron chi connectivity index (χ2n) is 6.77. The van der Waals surface area contributed by atoms with Gasteiger partial charge in [-0.2, -0.15) is 0 Å². The topological polar surface area (TPSA) is 15.3 Å². The summed E-state index contributed by atoms with van der Waals surface area (Å²) in [7, 11) is 4.21. The second kappa shape index (κ2) is 5.16. The molecule has 2 heteroatoms. The highest BCUT2D eigenvalue weighted by molar-refractivity contribution is 5.62. The third-order valence-corrected chi connectivity index (χ3v) is 5.06. The highest BCUT2D eigenvalue weighted by Gasteiger charge is 2.38. The van der Waals surface area contributed by atoms with Crippen LogP contribution in [0.2, 0.25) is 0 Å². The molecule has 20 heavy (non-hydrogen) atoms. The fourth-order valence-corrected chi connectivity index (χ4v) is 3.95. The number of anilines is 2. The van der Waals surface area contributed by atoms with Crippen molar-refractivity contribution < 1.29 is 0 Å². The summed E-state index contributed by atoms with van der Waals surface area (Å²) in [6, 6.07) is 7.25. The summed E-state index contributed by atoms with van der Waals surface area (Å²) in [5, 5.41) is 3.73. The van der Waals surface area contributed by atoms with E-state index in [1.807, 2.05) is 0 Å². The zero-order valence-electron chi connectivity index (χ0n) is 13.1. The summed E-state index contributed by atoms with van der Waals surface area (Å²) < 4.78 is 0. The van der Waals surface area contributed by atoms with E-state index in [1.54, 1.807) is 0 Å². The van der Waals surface area contributed by atoms with Gasteiger partial charge in [0, 0.05) is 31.5 Å². The van der Waals surface area contributed by atoms with Crippen LogP contribution >= 0.6 is 0 Å². The number of allylic oxidation sites excluding steroid dienone is 2. The van der Waals surface area contributed by atoms with Crippen molar-refractivity contribution in [2.75, 3.05) is 24.3 Å². The number of fused-ring (bicyclic) bond motifs is 2. The Balaban J connectivity index is 1.71. The molecule has 2 bridgehead atoms. The average molecular weight is 270 g/mol. The van der Waals surface area contributed by atoms with Crippen molar-refractivity contribution in [3.63, 3.8) is 0 Å². The fourth-order valence-electron chi connectivity index (χ4n) is 3.95. The molecule has 1 saturated carbocycles. The van der Waals surface area contributed by atoms with E-state index in [4.69, 9.17) is 0 Å². The average Bonchev–Trinajstić information content (AvgIpc) is 3.03. The Morgan fingerprint density at radius 1 is 1.20 bits per heavy atom. The van der Waals surface area contributed by atoms with Crippen molar-refractivity contribution in [1.82, 2.24) is 0 Å². The van der Waals surface area contributed by atoms with Crippen LogP contribution in [-0.4, -0.2) is 20.1 Å². The molecule has 108 valence electrons. The lowest BCUT2D eigenvalue weighted by molar-refractivity contribution is 0.400. The first kappa shape index (κ1) is 13.5. The lowest BCUT2D eigenvalue weighted by Crippen LogP contribution is -2.28. The van der Waals surface area contributed by atoms with Crippen molar-refractivity contribution >= 4 is 11.4 Å². The van der Waals surface area contributed by atoms with Gasteiger partial charge in [0.15, 0.2) is 0 Å². The number of nitrogens with zero attached hydrogens (tertiary/aromatic N) is 1. The van der Waals surface area contributed by atoms with Gasteiger partial charge in [0.05, 0.1) is 0 Å². The molecule has 0 saturated heterocycles. The Bertz CT molecular complexity index is 518. The van der Waals surface area contributed by atoms with Gasteiger partial charge < -0.3 is 10.2 Å². The maximum atomic E-state index is 3.73. The van der Waals surface area contributed by atoms with Crippen LogP contribution in [0.3, 0.4) is 0 Å². The van der Waals surface area contributed by atoms with E-state index >= 15 is 0 Å². The summed E-state index contributed by atoms with van der Waals surface area (Å²) in [6.07, 6.45) is 7.61. The Morgan fingerprint density at radius 3 is 2.60 bits per heavy atom. The minimum Gasteiger partial charge on any atom is -0.382 e. The highest BCUT2D eigenvalue weighted by atomic mass is 15.1. The van der Waals surface area contributed by atoms with Gasteiger partial charge in [0.1, 0.15) is 0 Å². The van der Waals surface area contributed by atoms with Gasteiger partial charge in [-0.25, -0.2) is 0 Å². The minimum absolute atomic E-state index is 0.549. The molecule has 3 rings (SSSR count). The first-order chi connectivity index (χ1) is 9.54. The first-order valence-electron chi connectivity index (χ1n) is 7.77. The van der Waals surface area contributed by atoms with Crippen LogP contribution in [0, 0.1) is 24.7 Å². The largest absolute Gasteiger partial charge is 0.382 e. The molecule has 0 spiro atoms. The molecule has 0 amide bonds. The molecule has 1 N–H and O–H groups in total. The first-order valence-corrected chi connectivity index (χ1v) is 7.77. The fraction of sp³-hybridized carbons (Fsp3) is 0.556. The summed E-state index contributed by atoms with van der Waals surface area (Å²) in [6.45, 7) is 4.51. The van der Waals surface area contributed by atoms with Crippen LogP contribution in [0.5, 0.6) is 0 Å². The van der Waals surface area contributed by atoms with Crippen molar-refractivity contribution in [3.8, 4) is 0 Å². The zero-order chi connectivity index (χ0) is 14.3. The third-order valence-electron chi connectivity index (χ3n) is 5.06. The van der Waals surface area contributed by atoms with Gasteiger partial charge in [-0.3, -0.25) is 0 Å². The van der Waals surface area contributed by atoms with E-state index in [0.29, 0.717) is 6.04 Å². The normalized spacial score (nSPS) is 28.7. The molecule has 1 aromatic rings. The molecule has 0 aliphatic heterocycles. The monoisotopic (exact) mass is 270 g/mol. The Kier molecular flexibility index (Phi) is 3.49. The number of aryl methyl sites for hydroxylation is 1. The molecule has 0 heterocycles. The van der Waals surface area contributed by atoms with Gasteiger partial charge in [-0.15, -0.1) is 0 Å². The van der Waals surface area contributed by atoms with E-state index in [1.165, 1.54) is 29.8 Å². The molecular weight excluding hydrogens is 244 g/mol. The standard InChI is InChI=1S/C18H26N2/c1-12-5-8-16(11-18(12)20(3)4)19-13(2)17-10-14-6-7-15(17)9-14/h5-8,11,13-15,17,19H,9-10H2,1-4H3. The predicted octanol–water partition coefficient (Wildman–Crippen LogP) is 4.07. The van der Waals surface area contributed by atoms with Gasteiger partial charge in [-0.05, 0) is 62.1 Å². The number of nitrogens with one attached hydrogen (secondary N) is 1. The smallest absolute Gasteiger partial charge is 0.0411 e. The second-order valence-corrected chi connectivity index (χ2v) is 6.77. The maximum Gasteiger partial charge on any atom is 0.0411 e. The molecule has 0 radical (unpaired) electrons. The van der Waals surface area contributed by atoms with E-state index in [2.05, 4.69) is 68.5 Å². The van der Waals surface area contributed by atoms with E-state index in [-0.39, 0.29) is 0 Å². The van der Waals surface area contributed by atoms with E-state index in [9.17, 15) is 0 Å². The molecule has 2 aliphatic rings. The van der Waals surface area contributed by atoms with Crippen molar-refractivity contribution in [3.05, 3.63) is 35.9 Å². The van der Waals surface area contributed by atoms with Crippen LogP contribution in [0.15, 0.2) is 30.4 Å². The van der Waals surface area contributed by atoms with Crippen molar-refractivity contribution in [2.24, 2.45) is 17.8 Å². The molecule has 4 unspecified atom stereocenters. The van der Waals surface area contributed by atoms with Gasteiger partial charge in [0.2, 0.25) is 0 Å². The summed E-state index contributed by atoms with van der Waals surface area (Å²) in [4.78, 5) is 2.19.